The van der Waals surface area contributed by atoms with Gasteiger partial charge < -0.3 is 0 Å². The van der Waals surface area contributed by atoms with E-state index in [1.54, 1.807) is 24.3 Å². The summed E-state index contributed by atoms with van der Waals surface area (Å²) in [6.45, 7) is 0. The van der Waals surface area contributed by atoms with Crippen LogP contribution < -0.4 is 0 Å². The van der Waals surface area contributed by atoms with Gasteiger partial charge in [-0.2, -0.15) is 0 Å². The van der Waals surface area contributed by atoms with E-state index in [1.807, 2.05) is 0 Å². The van der Waals surface area contributed by atoms with Crippen molar-refractivity contribution in [3.05, 3.63) is 157 Å². The first kappa shape index (κ1) is 12.8. The van der Waals surface area contributed by atoms with E-state index < -0.39 is 121 Å². The van der Waals surface area contributed by atoms with E-state index in [0.29, 0.717) is 22.1 Å². The Morgan fingerprint density at radius 3 is 2.04 bits per heavy atom. The molecule has 0 amide bonds. The number of hydrogen-bond acceptors (Lipinski definition) is 3. The van der Waals surface area contributed by atoms with Crippen molar-refractivity contribution in [2.75, 3.05) is 0 Å². The molecule has 210 valence electrons. The Morgan fingerprint density at radius 2 is 1.16 bits per heavy atom. The molecule has 0 fully saturated rings. The Hall–Kier alpha value is -5.64. The summed E-state index contributed by atoms with van der Waals surface area (Å²) >= 11 is 0.622. The van der Waals surface area contributed by atoms with Crippen molar-refractivity contribution < 1.29 is 27.4 Å². The highest BCUT2D eigenvalue weighted by atomic mass is 32.1. The molecule has 0 saturated carbocycles. The molecule has 0 bridgehead atoms. The smallest absolute Gasteiger partial charge is 0.0972 e. The van der Waals surface area contributed by atoms with Crippen molar-refractivity contribution >= 4 is 54.7 Å². The minimum Gasteiger partial charge on any atom is -0.254 e. The zero-order chi connectivity index (χ0) is 47.1. The van der Waals surface area contributed by atoms with Crippen molar-refractivity contribution in [2.24, 2.45) is 0 Å². The number of thiophene rings is 1. The van der Waals surface area contributed by atoms with E-state index in [0.717, 1.165) is 0 Å². The van der Waals surface area contributed by atoms with Crippen LogP contribution in [0.4, 0.5) is 0 Å². The van der Waals surface area contributed by atoms with Gasteiger partial charge in [0.25, 0.3) is 0 Å². The number of hydrogen-bond donors (Lipinski definition) is 0. The molecule has 0 aliphatic rings. The monoisotopic (exact) mass is 610 g/mol. The van der Waals surface area contributed by atoms with Crippen LogP contribution in [0.2, 0.25) is 0 Å². The normalized spacial score (nSPS) is 17.8. The minimum absolute atomic E-state index is 0.0786. The Balaban J connectivity index is 1.25. The maximum Gasteiger partial charge on any atom is 0.0972 e. The van der Waals surface area contributed by atoms with Gasteiger partial charge in [-0.05, 0) is 68.0 Å². The van der Waals surface area contributed by atoms with Crippen molar-refractivity contribution in [3.8, 4) is 43.3 Å². The second-order valence-corrected chi connectivity index (χ2v) is 10.9. The Labute approximate surface area is 293 Å². The molecule has 0 atom stereocenters. The van der Waals surface area contributed by atoms with Gasteiger partial charge in [-0.15, -0.1) is 11.3 Å². The molecule has 45 heavy (non-hydrogen) atoms. The predicted octanol–water partition coefficient (Wildman–Crippen LogP) is 11.8. The lowest BCUT2D eigenvalue weighted by Crippen LogP contribution is -1.91. The molecule has 0 saturated heterocycles. The molecule has 0 aliphatic carbocycles. The van der Waals surface area contributed by atoms with Gasteiger partial charge in [-0.25, -0.2) is 4.98 Å². The highest BCUT2D eigenvalue weighted by Crippen LogP contribution is 2.40. The first-order chi connectivity index (χ1) is 30.6. The van der Waals surface area contributed by atoms with Crippen LogP contribution in [0.25, 0.3) is 86.6 Å². The second kappa shape index (κ2) is 10.5. The standard InChI is InChI=1S/C42H26N2S/c1-2-10-32-27(7-1)8-5-13-37(32)40-25-24-39(45-40)29-16-14-28(15-17-29)33-21-22-36(35-12-4-3-11-34(33)35)38-23-20-31-19-18-30-9-6-26-43-41(30)42(31)44-38/h1-26H/i1D,2D,5D,6D,7D,8D,9D,10D,13D,14D,15D,16D,17D,18D,19D,20D,23D,24D,25D,26D. The molecule has 9 rings (SSSR count). The number of pyridine rings is 2. The van der Waals surface area contributed by atoms with Crippen LogP contribution in [0, 0.1) is 0 Å². The van der Waals surface area contributed by atoms with Gasteiger partial charge in [0.05, 0.1) is 44.1 Å². The van der Waals surface area contributed by atoms with Crippen LogP contribution >= 0.6 is 11.3 Å². The van der Waals surface area contributed by atoms with Crippen LogP contribution in [-0.2, 0) is 0 Å². The summed E-state index contributed by atoms with van der Waals surface area (Å²) in [6.07, 6.45) is -0.582. The molecule has 2 nitrogen and oxygen atoms in total. The van der Waals surface area contributed by atoms with E-state index in [-0.39, 0.29) is 75.8 Å². The lowest BCUT2D eigenvalue weighted by atomic mass is 9.93. The van der Waals surface area contributed by atoms with Gasteiger partial charge in [-0.1, -0.05) is 127 Å². The summed E-state index contributed by atoms with van der Waals surface area (Å²) in [6, 6.07) is -1.37. The minimum atomic E-state index is -0.690. The molecule has 3 aromatic heterocycles. The SMILES string of the molecule is [2H]c1nc2c(c([2H])c1[2H])c([2H])c([2H])c1c([2H])c([2H])c(-c3ccc(-c4c([2H])c([2H])c(-c5sc(-c6c([2H])c([2H])c([2H])c7c([2H])c([2H])c([2H])c([2H])c67)c([2H])c5[2H])c([2H])c4[2H])c4ccccc34)nc12. The fourth-order valence-corrected chi connectivity index (χ4v) is 6.07. The maximum absolute atomic E-state index is 9.25. The first-order valence-corrected chi connectivity index (χ1v) is 14.4. The van der Waals surface area contributed by atoms with Crippen LogP contribution in [0.15, 0.2) is 157 Å². The van der Waals surface area contributed by atoms with Crippen LogP contribution in [-0.4, -0.2) is 9.97 Å². The Bertz CT molecular complexity index is 3640. The van der Waals surface area contributed by atoms with E-state index in [2.05, 4.69) is 9.97 Å². The summed E-state index contributed by atoms with van der Waals surface area (Å²) in [4.78, 5) is 8.35. The van der Waals surface area contributed by atoms with Crippen LogP contribution in [0.1, 0.15) is 27.4 Å². The summed E-state index contributed by atoms with van der Waals surface area (Å²) in [7, 11) is 0. The largest absolute Gasteiger partial charge is 0.254 e. The predicted molar refractivity (Wildman–Crippen MR) is 192 cm³/mol. The average molecular weight is 611 g/mol. The van der Waals surface area contributed by atoms with Crippen molar-refractivity contribution in [1.29, 1.82) is 0 Å². The number of aromatic nitrogens is 2. The van der Waals surface area contributed by atoms with Gasteiger partial charge in [0.1, 0.15) is 0 Å². The quantitative estimate of drug-likeness (QED) is 0.185. The Kier molecular flexibility index (Phi) is 2.98. The molecule has 6 aromatic carbocycles. The van der Waals surface area contributed by atoms with Crippen LogP contribution in [0.5, 0.6) is 0 Å². The lowest BCUT2D eigenvalue weighted by molar-refractivity contribution is 1.37. The second-order valence-electron chi connectivity index (χ2n) is 9.85. The third kappa shape index (κ3) is 4.40. The zero-order valence-corrected chi connectivity index (χ0v) is 23.6. The van der Waals surface area contributed by atoms with Crippen LogP contribution in [0.3, 0.4) is 0 Å². The average Bonchev–Trinajstić information content (AvgIpc) is 3.56. The number of rotatable bonds is 4. The van der Waals surface area contributed by atoms with Gasteiger partial charge >= 0.3 is 0 Å². The first-order valence-electron chi connectivity index (χ1n) is 23.5. The maximum atomic E-state index is 9.25. The van der Waals surface area contributed by atoms with E-state index >= 15 is 0 Å². The molecule has 3 heteroatoms. The Morgan fingerprint density at radius 1 is 0.467 bits per heavy atom. The molecular weight excluding hydrogens is 565 g/mol. The van der Waals surface area contributed by atoms with E-state index in [1.165, 1.54) is 12.1 Å². The summed E-state index contributed by atoms with van der Waals surface area (Å²) < 4.78 is 174. The third-order valence-corrected chi connectivity index (χ3v) is 8.31. The summed E-state index contributed by atoms with van der Waals surface area (Å²) in [5.41, 5.74) is -0.723. The zero-order valence-electron chi connectivity index (χ0n) is 42.8. The van der Waals surface area contributed by atoms with Crippen molar-refractivity contribution in [2.45, 2.75) is 0 Å². The lowest BCUT2D eigenvalue weighted by Gasteiger charge is -2.13. The number of fused-ring (bicyclic) bond motifs is 5. The fraction of sp³-hybridized carbons (Fsp3) is 0. The summed E-state index contributed by atoms with van der Waals surface area (Å²) in [5.74, 6) is 0. The summed E-state index contributed by atoms with van der Waals surface area (Å²) in [5, 5.41) is -0.334. The molecule has 0 radical (unpaired) electrons. The van der Waals surface area contributed by atoms with Gasteiger partial charge in [0.15, 0.2) is 0 Å². The van der Waals surface area contributed by atoms with E-state index in [4.69, 9.17) is 21.9 Å². The number of benzene rings is 6. The fourth-order valence-electron chi connectivity index (χ4n) is 5.20. The molecular formula is C42H26N2S. The van der Waals surface area contributed by atoms with Crippen molar-refractivity contribution in [1.82, 2.24) is 9.97 Å². The van der Waals surface area contributed by atoms with Crippen molar-refractivity contribution in [3.63, 3.8) is 0 Å². The molecule has 0 N–H and O–H groups in total. The third-order valence-electron chi connectivity index (χ3n) is 7.28. The topological polar surface area (TPSA) is 25.8 Å². The van der Waals surface area contributed by atoms with Gasteiger partial charge in [0, 0.05) is 32.3 Å². The molecule has 0 unspecified atom stereocenters. The number of nitrogens with zero attached hydrogens (tertiary/aromatic N) is 2. The highest BCUT2D eigenvalue weighted by Gasteiger charge is 2.13. The highest BCUT2D eigenvalue weighted by molar-refractivity contribution is 7.18. The molecule has 9 aromatic rings. The molecule has 0 spiro atoms. The van der Waals surface area contributed by atoms with Gasteiger partial charge in [-0.3, -0.25) is 4.98 Å². The molecule has 0 aliphatic heterocycles. The van der Waals surface area contributed by atoms with Gasteiger partial charge in [0.2, 0.25) is 0 Å². The molecule has 3 heterocycles. The van der Waals surface area contributed by atoms with E-state index in [9.17, 15) is 5.48 Å².